The lowest BCUT2D eigenvalue weighted by molar-refractivity contribution is 0.821. The summed E-state index contributed by atoms with van der Waals surface area (Å²) in [5.74, 6) is 0. The second-order valence-electron chi connectivity index (χ2n) is 3.15. The van der Waals surface area contributed by atoms with Crippen molar-refractivity contribution in [3.63, 3.8) is 0 Å². The maximum atomic E-state index is 5.52. The Hall–Kier alpha value is -0.480. The minimum absolute atomic E-state index is 0. The van der Waals surface area contributed by atoms with E-state index in [9.17, 15) is 0 Å². The first-order valence-corrected chi connectivity index (χ1v) is 4.45. The molecule has 0 aliphatic carbocycles. The van der Waals surface area contributed by atoms with Crippen LogP contribution < -0.4 is 10.6 Å². The van der Waals surface area contributed by atoms with Crippen LogP contribution in [0.4, 0.5) is 5.69 Å². The van der Waals surface area contributed by atoms with Crippen LogP contribution in [0.5, 0.6) is 0 Å². The van der Waals surface area contributed by atoms with Gasteiger partial charge in [-0.25, -0.2) is 0 Å². The molecular formula is C10H18Cl2N2O. The summed E-state index contributed by atoms with van der Waals surface area (Å²) in [6, 6.07) is 8.57. The molecule has 0 saturated carbocycles. The van der Waals surface area contributed by atoms with Gasteiger partial charge in [0.1, 0.15) is 0 Å². The third kappa shape index (κ3) is 3.54. The van der Waals surface area contributed by atoms with Gasteiger partial charge in [0.05, 0.1) is 0 Å². The second-order valence-corrected chi connectivity index (χ2v) is 3.15. The van der Waals surface area contributed by atoms with Gasteiger partial charge < -0.3 is 16.1 Å². The molecule has 0 saturated heterocycles. The summed E-state index contributed by atoms with van der Waals surface area (Å²) >= 11 is 0. The number of anilines is 1. The number of para-hydroxylation sites is 1. The number of fused-ring (bicyclic) bond motifs is 1. The average molecular weight is 253 g/mol. The number of benzene rings is 1. The van der Waals surface area contributed by atoms with Gasteiger partial charge >= 0.3 is 0 Å². The van der Waals surface area contributed by atoms with Crippen molar-refractivity contribution in [2.45, 2.75) is 6.42 Å². The molecule has 1 aliphatic rings. The smallest absolute Gasteiger partial charge is 0.0399 e. The van der Waals surface area contributed by atoms with Crippen LogP contribution in [-0.4, -0.2) is 25.1 Å². The molecule has 4 N–H and O–H groups in total. The number of nitrogens with zero attached hydrogens (tertiary/aromatic N) is 1. The van der Waals surface area contributed by atoms with Crippen LogP contribution in [0, 0.1) is 0 Å². The third-order valence-corrected chi connectivity index (χ3v) is 2.38. The Bertz CT molecular complexity index is 282. The standard InChI is InChI=1S/C10H14N2.2ClH.H2O/c11-6-8-12-7-5-9-3-1-2-4-10(9)12;;;/h1-4H,5-8,11H2;2*1H;1H2. The monoisotopic (exact) mass is 252 g/mol. The Morgan fingerprint density at radius 1 is 1.20 bits per heavy atom. The summed E-state index contributed by atoms with van der Waals surface area (Å²) in [7, 11) is 0. The first-order valence-electron chi connectivity index (χ1n) is 4.45. The number of rotatable bonds is 2. The molecule has 0 atom stereocenters. The van der Waals surface area contributed by atoms with E-state index in [1.54, 1.807) is 0 Å². The summed E-state index contributed by atoms with van der Waals surface area (Å²) in [4.78, 5) is 2.36. The zero-order chi connectivity index (χ0) is 8.39. The molecule has 2 rings (SSSR count). The van der Waals surface area contributed by atoms with Crippen LogP contribution >= 0.6 is 24.8 Å². The van der Waals surface area contributed by atoms with E-state index in [4.69, 9.17) is 5.73 Å². The van der Waals surface area contributed by atoms with Crippen molar-refractivity contribution in [2.75, 3.05) is 24.5 Å². The maximum absolute atomic E-state index is 5.52. The molecule has 5 heteroatoms. The number of hydrogen-bond donors (Lipinski definition) is 1. The van der Waals surface area contributed by atoms with Gasteiger partial charge in [-0.05, 0) is 18.1 Å². The minimum atomic E-state index is 0. The van der Waals surface area contributed by atoms with Gasteiger partial charge in [-0.2, -0.15) is 0 Å². The average Bonchev–Trinajstić information content (AvgIpc) is 2.50. The topological polar surface area (TPSA) is 60.8 Å². The van der Waals surface area contributed by atoms with Crippen molar-refractivity contribution >= 4 is 30.5 Å². The largest absolute Gasteiger partial charge is 0.412 e. The van der Waals surface area contributed by atoms with E-state index in [2.05, 4.69) is 29.2 Å². The van der Waals surface area contributed by atoms with Crippen molar-refractivity contribution in [3.05, 3.63) is 29.8 Å². The predicted molar refractivity (Wildman–Crippen MR) is 69.5 cm³/mol. The van der Waals surface area contributed by atoms with E-state index in [-0.39, 0.29) is 30.3 Å². The Kier molecular flexibility index (Phi) is 8.77. The maximum Gasteiger partial charge on any atom is 0.0399 e. The van der Waals surface area contributed by atoms with Gasteiger partial charge in [0.2, 0.25) is 0 Å². The molecule has 1 heterocycles. The van der Waals surface area contributed by atoms with E-state index in [0.717, 1.165) is 19.6 Å². The summed E-state index contributed by atoms with van der Waals surface area (Å²) in [6.07, 6.45) is 1.18. The second kappa shape index (κ2) is 7.77. The molecule has 0 aromatic heterocycles. The van der Waals surface area contributed by atoms with Crippen molar-refractivity contribution < 1.29 is 5.48 Å². The lowest BCUT2D eigenvalue weighted by atomic mass is 10.2. The van der Waals surface area contributed by atoms with E-state index < -0.39 is 0 Å². The molecule has 0 unspecified atom stereocenters. The minimum Gasteiger partial charge on any atom is -0.412 e. The summed E-state index contributed by atoms with van der Waals surface area (Å²) < 4.78 is 0. The van der Waals surface area contributed by atoms with Gasteiger partial charge in [0.15, 0.2) is 0 Å². The van der Waals surface area contributed by atoms with E-state index >= 15 is 0 Å². The molecule has 0 amide bonds. The van der Waals surface area contributed by atoms with E-state index in [1.807, 2.05) is 0 Å². The number of nitrogens with two attached hydrogens (primary N) is 1. The fourth-order valence-corrected chi connectivity index (χ4v) is 1.79. The molecule has 0 fully saturated rings. The molecule has 1 aliphatic heterocycles. The molecule has 3 nitrogen and oxygen atoms in total. The number of hydrogen-bond acceptors (Lipinski definition) is 2. The van der Waals surface area contributed by atoms with Gasteiger partial charge in [-0.1, -0.05) is 18.2 Å². The van der Waals surface area contributed by atoms with Gasteiger partial charge in [-0.3, -0.25) is 0 Å². The fraction of sp³-hybridized carbons (Fsp3) is 0.400. The van der Waals surface area contributed by atoms with E-state index in [1.165, 1.54) is 17.7 Å². The summed E-state index contributed by atoms with van der Waals surface area (Å²) in [5, 5.41) is 0. The number of halogens is 2. The van der Waals surface area contributed by atoms with Crippen LogP contribution in [0.15, 0.2) is 24.3 Å². The Morgan fingerprint density at radius 2 is 1.87 bits per heavy atom. The van der Waals surface area contributed by atoms with Gasteiger partial charge in [0.25, 0.3) is 0 Å². The van der Waals surface area contributed by atoms with Crippen molar-refractivity contribution in [3.8, 4) is 0 Å². The first kappa shape index (κ1) is 16.9. The molecule has 15 heavy (non-hydrogen) atoms. The highest BCUT2D eigenvalue weighted by Gasteiger charge is 2.16. The van der Waals surface area contributed by atoms with Crippen LogP contribution in [0.1, 0.15) is 5.56 Å². The van der Waals surface area contributed by atoms with Crippen molar-refractivity contribution in [1.29, 1.82) is 0 Å². The SMILES string of the molecule is Cl.Cl.NCCN1CCc2ccccc21.O. The van der Waals surface area contributed by atoms with Crippen LogP contribution in [-0.2, 0) is 6.42 Å². The molecular weight excluding hydrogens is 235 g/mol. The van der Waals surface area contributed by atoms with E-state index in [0.29, 0.717) is 0 Å². The van der Waals surface area contributed by atoms with Crippen LogP contribution in [0.25, 0.3) is 0 Å². The molecule has 88 valence electrons. The highest BCUT2D eigenvalue weighted by Crippen LogP contribution is 2.26. The Morgan fingerprint density at radius 3 is 2.53 bits per heavy atom. The van der Waals surface area contributed by atoms with Gasteiger partial charge in [0, 0.05) is 25.3 Å². The van der Waals surface area contributed by atoms with Crippen molar-refractivity contribution in [1.82, 2.24) is 0 Å². The summed E-state index contributed by atoms with van der Waals surface area (Å²) in [6.45, 7) is 2.86. The Labute approximate surface area is 103 Å². The predicted octanol–water partition coefficient (Wildman–Crippen LogP) is 1.03. The zero-order valence-corrected chi connectivity index (χ0v) is 10.1. The van der Waals surface area contributed by atoms with Crippen LogP contribution in [0.3, 0.4) is 0 Å². The lowest BCUT2D eigenvalue weighted by Crippen LogP contribution is -2.27. The lowest BCUT2D eigenvalue weighted by Gasteiger charge is -2.17. The normalized spacial score (nSPS) is 11.9. The Balaban J connectivity index is 0. The third-order valence-electron chi connectivity index (χ3n) is 2.38. The molecule has 0 radical (unpaired) electrons. The molecule has 1 aromatic rings. The summed E-state index contributed by atoms with van der Waals surface area (Å²) in [5.41, 5.74) is 8.37. The highest BCUT2D eigenvalue weighted by molar-refractivity contribution is 5.85. The fourth-order valence-electron chi connectivity index (χ4n) is 1.79. The quantitative estimate of drug-likeness (QED) is 0.855. The van der Waals surface area contributed by atoms with Gasteiger partial charge in [-0.15, -0.1) is 24.8 Å². The molecule has 0 bridgehead atoms. The van der Waals surface area contributed by atoms with Crippen molar-refractivity contribution in [2.24, 2.45) is 5.73 Å². The highest BCUT2D eigenvalue weighted by atomic mass is 35.5. The molecule has 0 spiro atoms. The first-order chi connectivity index (χ1) is 5.92. The zero-order valence-electron chi connectivity index (χ0n) is 8.48. The van der Waals surface area contributed by atoms with Crippen LogP contribution in [0.2, 0.25) is 0 Å². The molecule has 1 aromatic carbocycles.